The first-order chi connectivity index (χ1) is 7.86. The van der Waals surface area contributed by atoms with E-state index in [0.29, 0.717) is 25.2 Å². The highest BCUT2D eigenvalue weighted by atomic mass is 19.4. The number of halogens is 3. The summed E-state index contributed by atoms with van der Waals surface area (Å²) < 4.78 is 44.0. The summed E-state index contributed by atoms with van der Waals surface area (Å²) in [4.78, 5) is 0. The van der Waals surface area contributed by atoms with E-state index >= 15 is 0 Å². The molecule has 0 unspecified atom stereocenters. The molecule has 0 aliphatic carbocycles. The van der Waals surface area contributed by atoms with Crippen molar-refractivity contribution in [3.63, 3.8) is 0 Å². The number of aromatic nitrogens is 2. The molecule has 17 heavy (non-hydrogen) atoms. The third-order valence-corrected chi connectivity index (χ3v) is 3.10. The van der Waals surface area contributed by atoms with Gasteiger partial charge in [0.05, 0.1) is 5.60 Å². The van der Waals surface area contributed by atoms with Crippen LogP contribution in [0.5, 0.6) is 0 Å². The molecule has 1 saturated heterocycles. The number of hydrogen-bond acceptors (Lipinski definition) is 3. The van der Waals surface area contributed by atoms with Crippen LogP contribution in [-0.2, 0) is 24.4 Å². The van der Waals surface area contributed by atoms with Gasteiger partial charge in [0.2, 0.25) is 0 Å². The SMILES string of the molecule is COC1(Cc2cc(C(F)(F)F)nn2C)CNC1. The van der Waals surface area contributed by atoms with Gasteiger partial charge in [-0.25, -0.2) is 0 Å². The average Bonchev–Trinajstić information content (AvgIpc) is 2.53. The summed E-state index contributed by atoms with van der Waals surface area (Å²) in [6.07, 6.45) is -3.97. The summed E-state index contributed by atoms with van der Waals surface area (Å²) >= 11 is 0. The molecule has 1 aliphatic rings. The molecule has 1 aromatic rings. The van der Waals surface area contributed by atoms with Gasteiger partial charge < -0.3 is 10.1 Å². The largest absolute Gasteiger partial charge is 0.435 e. The minimum absolute atomic E-state index is 0.392. The van der Waals surface area contributed by atoms with Crippen LogP contribution in [0, 0.1) is 0 Å². The van der Waals surface area contributed by atoms with Gasteiger partial charge in [0.1, 0.15) is 0 Å². The quantitative estimate of drug-likeness (QED) is 0.867. The fraction of sp³-hybridized carbons (Fsp3) is 0.700. The number of ether oxygens (including phenoxy) is 1. The van der Waals surface area contributed by atoms with Crippen LogP contribution >= 0.6 is 0 Å². The number of rotatable bonds is 3. The maximum absolute atomic E-state index is 12.5. The average molecular weight is 249 g/mol. The highest BCUT2D eigenvalue weighted by Gasteiger charge is 2.40. The molecule has 7 heteroatoms. The second-order valence-electron chi connectivity index (χ2n) is 4.31. The molecule has 0 atom stereocenters. The molecular weight excluding hydrogens is 235 g/mol. The summed E-state index contributed by atoms with van der Waals surface area (Å²) in [5.74, 6) is 0. The van der Waals surface area contributed by atoms with Crippen LogP contribution in [0.4, 0.5) is 13.2 Å². The first-order valence-electron chi connectivity index (χ1n) is 5.22. The lowest BCUT2D eigenvalue weighted by Crippen LogP contribution is -2.62. The smallest absolute Gasteiger partial charge is 0.375 e. The van der Waals surface area contributed by atoms with Gasteiger partial charge in [-0.3, -0.25) is 4.68 Å². The van der Waals surface area contributed by atoms with Gasteiger partial charge >= 0.3 is 6.18 Å². The molecule has 1 aromatic heterocycles. The third-order valence-electron chi connectivity index (χ3n) is 3.10. The number of hydrogen-bond donors (Lipinski definition) is 1. The zero-order valence-electron chi connectivity index (χ0n) is 9.64. The van der Waals surface area contributed by atoms with E-state index in [1.54, 1.807) is 7.11 Å². The van der Waals surface area contributed by atoms with Crippen LogP contribution in [0.15, 0.2) is 6.07 Å². The summed E-state index contributed by atoms with van der Waals surface area (Å²) in [6.45, 7) is 1.30. The Balaban J connectivity index is 2.19. The van der Waals surface area contributed by atoms with E-state index in [0.717, 1.165) is 6.07 Å². The summed E-state index contributed by atoms with van der Waals surface area (Å²) in [5.41, 5.74) is -0.717. The molecular formula is C10H14F3N3O. The Morgan fingerprint density at radius 1 is 1.53 bits per heavy atom. The fourth-order valence-electron chi connectivity index (χ4n) is 1.89. The van der Waals surface area contributed by atoms with Crippen LogP contribution in [0.25, 0.3) is 0 Å². The summed E-state index contributed by atoms with van der Waals surface area (Å²) in [6, 6.07) is 1.08. The zero-order chi connectivity index (χ0) is 12.7. The fourth-order valence-corrected chi connectivity index (χ4v) is 1.89. The monoisotopic (exact) mass is 249 g/mol. The Kier molecular flexibility index (Phi) is 2.90. The molecule has 2 heterocycles. The third kappa shape index (κ3) is 2.30. The van der Waals surface area contributed by atoms with E-state index in [-0.39, 0.29) is 0 Å². The van der Waals surface area contributed by atoms with Gasteiger partial charge in [0, 0.05) is 39.4 Å². The second-order valence-corrected chi connectivity index (χ2v) is 4.31. The second kappa shape index (κ2) is 3.99. The van der Waals surface area contributed by atoms with Gasteiger partial charge in [-0.05, 0) is 6.07 Å². The Labute approximate surface area is 96.7 Å². The molecule has 0 saturated carbocycles. The molecule has 1 fully saturated rings. The van der Waals surface area contributed by atoms with Gasteiger partial charge in [-0.15, -0.1) is 0 Å². The Bertz CT molecular complexity index is 404. The lowest BCUT2D eigenvalue weighted by Gasteiger charge is -2.41. The molecule has 0 bridgehead atoms. The molecule has 2 rings (SSSR count). The van der Waals surface area contributed by atoms with Crippen molar-refractivity contribution in [1.29, 1.82) is 0 Å². The zero-order valence-corrected chi connectivity index (χ0v) is 9.64. The molecule has 4 nitrogen and oxygen atoms in total. The topological polar surface area (TPSA) is 39.1 Å². The van der Waals surface area contributed by atoms with Crippen molar-refractivity contribution in [2.45, 2.75) is 18.2 Å². The maximum atomic E-state index is 12.5. The Morgan fingerprint density at radius 2 is 2.18 bits per heavy atom. The minimum atomic E-state index is -4.39. The lowest BCUT2D eigenvalue weighted by molar-refractivity contribution is -0.141. The molecule has 0 aromatic carbocycles. The van der Waals surface area contributed by atoms with E-state index < -0.39 is 17.5 Å². The molecule has 1 aliphatic heterocycles. The normalized spacial score (nSPS) is 19.1. The van der Waals surface area contributed by atoms with E-state index in [2.05, 4.69) is 10.4 Å². The van der Waals surface area contributed by atoms with Gasteiger partial charge in [0.25, 0.3) is 0 Å². The molecule has 96 valence electrons. The van der Waals surface area contributed by atoms with Crippen molar-refractivity contribution in [3.05, 3.63) is 17.5 Å². The number of alkyl halides is 3. The predicted molar refractivity (Wildman–Crippen MR) is 54.5 cm³/mol. The maximum Gasteiger partial charge on any atom is 0.435 e. The van der Waals surface area contributed by atoms with Crippen molar-refractivity contribution >= 4 is 0 Å². The van der Waals surface area contributed by atoms with Crippen molar-refractivity contribution in [3.8, 4) is 0 Å². The number of methoxy groups -OCH3 is 1. The number of nitrogens with one attached hydrogen (secondary N) is 1. The molecule has 1 N–H and O–H groups in total. The van der Waals surface area contributed by atoms with Crippen molar-refractivity contribution in [1.82, 2.24) is 15.1 Å². The molecule has 0 amide bonds. The molecule has 0 radical (unpaired) electrons. The summed E-state index contributed by atoms with van der Waals surface area (Å²) in [5, 5.41) is 6.53. The molecule has 0 spiro atoms. The van der Waals surface area contributed by atoms with Gasteiger partial charge in [0.15, 0.2) is 5.69 Å². The first-order valence-corrected chi connectivity index (χ1v) is 5.22. The summed E-state index contributed by atoms with van der Waals surface area (Å²) in [7, 11) is 3.09. The van der Waals surface area contributed by atoms with Crippen molar-refractivity contribution in [2.24, 2.45) is 7.05 Å². The van der Waals surface area contributed by atoms with Crippen LogP contribution in [0.1, 0.15) is 11.4 Å². The van der Waals surface area contributed by atoms with E-state index in [1.165, 1.54) is 11.7 Å². The van der Waals surface area contributed by atoms with Crippen LogP contribution in [0.3, 0.4) is 0 Å². The van der Waals surface area contributed by atoms with Crippen molar-refractivity contribution < 1.29 is 17.9 Å². The van der Waals surface area contributed by atoms with Crippen LogP contribution in [0.2, 0.25) is 0 Å². The van der Waals surface area contributed by atoms with Crippen molar-refractivity contribution in [2.75, 3.05) is 20.2 Å². The van der Waals surface area contributed by atoms with E-state index in [9.17, 15) is 13.2 Å². The van der Waals surface area contributed by atoms with Gasteiger partial charge in [-0.2, -0.15) is 18.3 Å². The van der Waals surface area contributed by atoms with Gasteiger partial charge in [-0.1, -0.05) is 0 Å². The minimum Gasteiger partial charge on any atom is -0.375 e. The lowest BCUT2D eigenvalue weighted by atomic mass is 9.91. The van der Waals surface area contributed by atoms with E-state index in [1.807, 2.05) is 0 Å². The van der Waals surface area contributed by atoms with Crippen LogP contribution in [-0.4, -0.2) is 35.6 Å². The first kappa shape index (κ1) is 12.4. The van der Waals surface area contributed by atoms with Crippen LogP contribution < -0.4 is 5.32 Å². The predicted octanol–water partition coefficient (Wildman–Crippen LogP) is 0.970. The Hall–Kier alpha value is -1.08. The van der Waals surface area contributed by atoms with E-state index in [4.69, 9.17) is 4.74 Å². The number of aryl methyl sites for hydroxylation is 1. The standard InChI is InChI=1S/C10H14F3N3O/c1-16-7(3-8(15-16)10(11,12)13)4-9(17-2)5-14-6-9/h3,14H,4-6H2,1-2H3. The Morgan fingerprint density at radius 3 is 2.53 bits per heavy atom. The highest BCUT2D eigenvalue weighted by Crippen LogP contribution is 2.30. The highest BCUT2D eigenvalue weighted by molar-refractivity contribution is 5.17. The number of nitrogens with zero attached hydrogens (tertiary/aromatic N) is 2.